The maximum Gasteiger partial charge on any atom is 0.128 e. The van der Waals surface area contributed by atoms with Crippen molar-refractivity contribution in [2.75, 3.05) is 24.5 Å². The van der Waals surface area contributed by atoms with Crippen molar-refractivity contribution < 1.29 is 0 Å². The Labute approximate surface area is 103 Å². The van der Waals surface area contributed by atoms with Crippen molar-refractivity contribution in [3.05, 3.63) is 23.9 Å². The van der Waals surface area contributed by atoms with Crippen LogP contribution in [0.25, 0.3) is 0 Å². The predicted molar refractivity (Wildman–Crippen MR) is 70.3 cm³/mol. The number of hydrogen-bond donors (Lipinski definition) is 1. The predicted octanol–water partition coefficient (Wildman–Crippen LogP) is 2.06. The third-order valence-electron chi connectivity index (χ3n) is 4.49. The van der Waals surface area contributed by atoms with Gasteiger partial charge in [0.2, 0.25) is 0 Å². The van der Waals surface area contributed by atoms with Gasteiger partial charge >= 0.3 is 0 Å². The van der Waals surface area contributed by atoms with Crippen LogP contribution in [0.3, 0.4) is 0 Å². The lowest BCUT2D eigenvalue weighted by Crippen LogP contribution is -2.41. The van der Waals surface area contributed by atoms with Gasteiger partial charge in [-0.2, -0.15) is 0 Å². The van der Waals surface area contributed by atoms with E-state index in [0.29, 0.717) is 0 Å². The maximum atomic E-state index is 5.92. The molecule has 92 valence electrons. The van der Waals surface area contributed by atoms with Crippen LogP contribution in [0.1, 0.15) is 37.7 Å². The minimum atomic E-state index is 0.247. The molecule has 1 saturated heterocycles. The van der Waals surface area contributed by atoms with Crippen LogP contribution in [0, 0.1) is 0 Å². The van der Waals surface area contributed by atoms with Gasteiger partial charge in [-0.15, -0.1) is 0 Å². The Morgan fingerprint density at radius 2 is 1.94 bits per heavy atom. The molecule has 1 aromatic rings. The number of hydrogen-bond acceptors (Lipinski definition) is 3. The molecule has 2 N–H and O–H groups in total. The van der Waals surface area contributed by atoms with Gasteiger partial charge in [-0.05, 0) is 37.3 Å². The third kappa shape index (κ3) is 1.82. The second kappa shape index (κ2) is 4.30. The molecule has 0 unspecified atom stereocenters. The van der Waals surface area contributed by atoms with Crippen LogP contribution in [0.15, 0.2) is 18.3 Å². The molecule has 0 atom stereocenters. The monoisotopic (exact) mass is 231 g/mol. The Morgan fingerprint density at radius 3 is 2.41 bits per heavy atom. The van der Waals surface area contributed by atoms with Gasteiger partial charge in [0.15, 0.2) is 0 Å². The highest BCUT2D eigenvalue weighted by Gasteiger charge is 2.37. The minimum absolute atomic E-state index is 0.247. The zero-order valence-electron chi connectivity index (χ0n) is 10.4. The molecule has 2 heterocycles. The summed E-state index contributed by atoms with van der Waals surface area (Å²) in [5.41, 5.74) is 7.51. The smallest absolute Gasteiger partial charge is 0.128 e. The average Bonchev–Trinajstić information content (AvgIpc) is 2.83. The molecule has 1 aliphatic carbocycles. The molecule has 3 nitrogen and oxygen atoms in total. The molecule has 0 bridgehead atoms. The summed E-state index contributed by atoms with van der Waals surface area (Å²) in [7, 11) is 0. The summed E-state index contributed by atoms with van der Waals surface area (Å²) in [6, 6.07) is 4.42. The molecule has 2 aliphatic rings. The molecule has 0 amide bonds. The standard InChI is InChI=1S/C14H21N3/c15-11-14(6-3-7-14)12-4-5-13(16-10-12)17-8-1-2-9-17/h4-5,10H,1-3,6-9,11,15H2. The first kappa shape index (κ1) is 11.0. The molecule has 1 saturated carbocycles. The molecule has 17 heavy (non-hydrogen) atoms. The Hall–Kier alpha value is -1.09. The Balaban J connectivity index is 1.79. The van der Waals surface area contributed by atoms with Crippen molar-refractivity contribution in [2.45, 2.75) is 37.5 Å². The molecular formula is C14H21N3. The first-order chi connectivity index (χ1) is 8.34. The average molecular weight is 231 g/mol. The molecule has 3 rings (SSSR count). The van der Waals surface area contributed by atoms with E-state index in [9.17, 15) is 0 Å². The molecule has 0 spiro atoms. The number of pyridine rings is 1. The highest BCUT2D eigenvalue weighted by atomic mass is 15.2. The van der Waals surface area contributed by atoms with E-state index in [1.165, 1.54) is 37.7 Å². The van der Waals surface area contributed by atoms with E-state index in [-0.39, 0.29) is 5.41 Å². The summed E-state index contributed by atoms with van der Waals surface area (Å²) in [4.78, 5) is 7.00. The topological polar surface area (TPSA) is 42.1 Å². The van der Waals surface area contributed by atoms with E-state index in [1.54, 1.807) is 0 Å². The summed E-state index contributed by atoms with van der Waals surface area (Å²) in [5, 5.41) is 0. The van der Waals surface area contributed by atoms with Crippen molar-refractivity contribution in [2.24, 2.45) is 5.73 Å². The summed E-state index contributed by atoms with van der Waals surface area (Å²) in [6.07, 6.45) is 8.43. The fourth-order valence-electron chi connectivity index (χ4n) is 3.05. The quantitative estimate of drug-likeness (QED) is 0.866. The van der Waals surface area contributed by atoms with Crippen LogP contribution >= 0.6 is 0 Å². The molecule has 0 radical (unpaired) electrons. The van der Waals surface area contributed by atoms with Gasteiger partial charge in [0.1, 0.15) is 5.82 Å². The number of anilines is 1. The zero-order valence-corrected chi connectivity index (χ0v) is 10.4. The second-order valence-electron chi connectivity index (χ2n) is 5.44. The Bertz CT molecular complexity index is 369. The van der Waals surface area contributed by atoms with Crippen molar-refractivity contribution >= 4 is 5.82 Å². The fourth-order valence-corrected chi connectivity index (χ4v) is 3.05. The summed E-state index contributed by atoms with van der Waals surface area (Å²) in [6.45, 7) is 3.08. The van der Waals surface area contributed by atoms with E-state index >= 15 is 0 Å². The number of nitrogens with two attached hydrogens (primary N) is 1. The fraction of sp³-hybridized carbons (Fsp3) is 0.643. The summed E-state index contributed by atoms with van der Waals surface area (Å²) in [5.74, 6) is 1.14. The van der Waals surface area contributed by atoms with Crippen molar-refractivity contribution in [1.29, 1.82) is 0 Å². The Morgan fingerprint density at radius 1 is 1.18 bits per heavy atom. The molecule has 3 heteroatoms. The lowest BCUT2D eigenvalue weighted by Gasteiger charge is -2.41. The number of rotatable bonds is 3. The van der Waals surface area contributed by atoms with Gasteiger partial charge in [-0.1, -0.05) is 12.5 Å². The molecular weight excluding hydrogens is 210 g/mol. The lowest BCUT2D eigenvalue weighted by atomic mass is 9.65. The van der Waals surface area contributed by atoms with Crippen LogP contribution in [-0.2, 0) is 5.41 Å². The normalized spacial score (nSPS) is 22.5. The SMILES string of the molecule is NCC1(c2ccc(N3CCCC3)nc2)CCC1. The van der Waals surface area contributed by atoms with Gasteiger partial charge < -0.3 is 10.6 Å². The maximum absolute atomic E-state index is 5.92. The molecule has 1 aliphatic heterocycles. The largest absolute Gasteiger partial charge is 0.357 e. The van der Waals surface area contributed by atoms with Crippen molar-refractivity contribution in [3.63, 3.8) is 0 Å². The lowest BCUT2D eigenvalue weighted by molar-refractivity contribution is 0.252. The van der Waals surface area contributed by atoms with E-state index in [4.69, 9.17) is 5.73 Å². The van der Waals surface area contributed by atoms with Gasteiger partial charge in [0.25, 0.3) is 0 Å². The number of nitrogens with zero attached hydrogens (tertiary/aromatic N) is 2. The van der Waals surface area contributed by atoms with Gasteiger partial charge in [0.05, 0.1) is 0 Å². The van der Waals surface area contributed by atoms with Crippen LogP contribution in [-0.4, -0.2) is 24.6 Å². The number of aromatic nitrogens is 1. The molecule has 0 aromatic carbocycles. The van der Waals surface area contributed by atoms with Crippen LogP contribution in [0.2, 0.25) is 0 Å². The summed E-state index contributed by atoms with van der Waals surface area (Å²) < 4.78 is 0. The van der Waals surface area contributed by atoms with Gasteiger partial charge in [-0.3, -0.25) is 0 Å². The van der Waals surface area contributed by atoms with E-state index in [0.717, 1.165) is 25.5 Å². The van der Waals surface area contributed by atoms with Crippen LogP contribution < -0.4 is 10.6 Å². The van der Waals surface area contributed by atoms with E-state index in [2.05, 4.69) is 28.2 Å². The van der Waals surface area contributed by atoms with Gasteiger partial charge in [0, 0.05) is 31.2 Å². The second-order valence-corrected chi connectivity index (χ2v) is 5.44. The van der Waals surface area contributed by atoms with Crippen LogP contribution in [0.4, 0.5) is 5.82 Å². The van der Waals surface area contributed by atoms with Crippen molar-refractivity contribution in [1.82, 2.24) is 4.98 Å². The highest BCUT2D eigenvalue weighted by Crippen LogP contribution is 2.42. The van der Waals surface area contributed by atoms with E-state index in [1.807, 2.05) is 0 Å². The molecule has 1 aromatic heterocycles. The first-order valence-corrected chi connectivity index (χ1v) is 6.76. The third-order valence-corrected chi connectivity index (χ3v) is 4.49. The van der Waals surface area contributed by atoms with E-state index < -0.39 is 0 Å². The van der Waals surface area contributed by atoms with Gasteiger partial charge in [-0.25, -0.2) is 4.98 Å². The van der Waals surface area contributed by atoms with Crippen molar-refractivity contribution in [3.8, 4) is 0 Å². The minimum Gasteiger partial charge on any atom is -0.357 e. The highest BCUT2D eigenvalue weighted by molar-refractivity contribution is 5.42. The van der Waals surface area contributed by atoms with Crippen LogP contribution in [0.5, 0.6) is 0 Å². The summed E-state index contributed by atoms with van der Waals surface area (Å²) >= 11 is 0. The molecule has 2 fully saturated rings. The first-order valence-electron chi connectivity index (χ1n) is 6.76. The zero-order chi connectivity index (χ0) is 11.7. The Kier molecular flexibility index (Phi) is 2.79.